The highest BCUT2D eigenvalue weighted by Gasteiger charge is 2.24. The summed E-state index contributed by atoms with van der Waals surface area (Å²) in [4.78, 5) is 8.26. The van der Waals surface area contributed by atoms with Crippen molar-refractivity contribution in [2.24, 2.45) is 5.10 Å². The SMILES string of the molecule is COc1cccc(C2=NN(C)c3nc([S+](C)[O-])ncc3O2)c1. The van der Waals surface area contributed by atoms with Crippen LogP contribution in [0.1, 0.15) is 5.56 Å². The first kappa shape index (κ1) is 14.6. The molecule has 0 fully saturated rings. The second-order valence-corrected chi connectivity index (χ2v) is 5.83. The van der Waals surface area contributed by atoms with Crippen molar-refractivity contribution >= 4 is 22.9 Å². The third-order valence-electron chi connectivity index (χ3n) is 3.04. The number of hydrogen-bond donors (Lipinski definition) is 0. The molecule has 0 radical (unpaired) electrons. The highest BCUT2D eigenvalue weighted by atomic mass is 32.2. The molecule has 1 aromatic heterocycles. The highest BCUT2D eigenvalue weighted by Crippen LogP contribution is 2.30. The van der Waals surface area contributed by atoms with E-state index < -0.39 is 11.2 Å². The number of aromatic nitrogens is 2. The second-order valence-electron chi connectivity index (χ2n) is 4.56. The first-order chi connectivity index (χ1) is 10.6. The molecule has 0 spiro atoms. The summed E-state index contributed by atoms with van der Waals surface area (Å²) in [6.45, 7) is 0. The van der Waals surface area contributed by atoms with E-state index in [0.29, 0.717) is 23.2 Å². The van der Waals surface area contributed by atoms with Gasteiger partial charge in [-0.1, -0.05) is 6.07 Å². The molecule has 0 N–H and O–H groups in total. The molecule has 22 heavy (non-hydrogen) atoms. The van der Waals surface area contributed by atoms with Crippen LogP contribution in [0.15, 0.2) is 40.7 Å². The molecule has 0 saturated heterocycles. The number of nitrogens with zero attached hydrogens (tertiary/aromatic N) is 4. The number of anilines is 1. The van der Waals surface area contributed by atoms with Gasteiger partial charge < -0.3 is 14.0 Å². The fourth-order valence-corrected chi connectivity index (χ4v) is 2.39. The molecule has 1 aliphatic rings. The van der Waals surface area contributed by atoms with Gasteiger partial charge >= 0.3 is 5.16 Å². The van der Waals surface area contributed by atoms with Crippen molar-refractivity contribution in [3.8, 4) is 11.5 Å². The monoisotopic (exact) mass is 318 g/mol. The van der Waals surface area contributed by atoms with Gasteiger partial charge in [-0.15, -0.1) is 5.10 Å². The average molecular weight is 318 g/mol. The van der Waals surface area contributed by atoms with Crippen LogP contribution in [-0.2, 0) is 11.2 Å². The van der Waals surface area contributed by atoms with Crippen LogP contribution in [0.25, 0.3) is 0 Å². The average Bonchev–Trinajstić information content (AvgIpc) is 2.54. The van der Waals surface area contributed by atoms with E-state index in [0.717, 1.165) is 5.56 Å². The standard InChI is InChI=1S/C14H14N4O3S/c1-18-12-11(8-15-14(16-12)22(3)19)21-13(17-18)9-5-4-6-10(7-9)20-2/h4-8H,1-3H3. The van der Waals surface area contributed by atoms with E-state index in [2.05, 4.69) is 15.1 Å². The van der Waals surface area contributed by atoms with Crippen LogP contribution in [0.4, 0.5) is 5.82 Å². The summed E-state index contributed by atoms with van der Waals surface area (Å²) >= 11 is -1.26. The Morgan fingerprint density at radius 2 is 2.18 bits per heavy atom. The van der Waals surface area contributed by atoms with Gasteiger partial charge in [0.15, 0.2) is 5.75 Å². The van der Waals surface area contributed by atoms with E-state index in [9.17, 15) is 4.55 Å². The Balaban J connectivity index is 1.96. The van der Waals surface area contributed by atoms with E-state index in [1.165, 1.54) is 12.5 Å². The summed E-state index contributed by atoms with van der Waals surface area (Å²) in [5.41, 5.74) is 0.778. The van der Waals surface area contributed by atoms with Gasteiger partial charge in [0, 0.05) is 23.8 Å². The summed E-state index contributed by atoms with van der Waals surface area (Å²) in [6, 6.07) is 7.40. The summed E-state index contributed by atoms with van der Waals surface area (Å²) in [7, 11) is 3.35. The van der Waals surface area contributed by atoms with E-state index in [-0.39, 0.29) is 5.16 Å². The number of hydrazone groups is 1. The van der Waals surface area contributed by atoms with E-state index in [1.54, 1.807) is 19.2 Å². The van der Waals surface area contributed by atoms with Crippen LogP contribution >= 0.6 is 0 Å². The Labute approximate surface area is 130 Å². The predicted octanol–water partition coefficient (Wildman–Crippen LogP) is 1.41. The smallest absolute Gasteiger partial charge is 0.344 e. The van der Waals surface area contributed by atoms with Crippen molar-refractivity contribution in [1.82, 2.24) is 9.97 Å². The molecule has 0 saturated carbocycles. The van der Waals surface area contributed by atoms with Gasteiger partial charge in [0.25, 0.3) is 0 Å². The summed E-state index contributed by atoms with van der Waals surface area (Å²) in [6.07, 6.45) is 3.03. The van der Waals surface area contributed by atoms with Gasteiger partial charge in [-0.25, -0.2) is 5.01 Å². The highest BCUT2D eigenvalue weighted by molar-refractivity contribution is 7.90. The number of benzene rings is 1. The van der Waals surface area contributed by atoms with Crippen LogP contribution < -0.4 is 14.5 Å². The first-order valence-electron chi connectivity index (χ1n) is 6.43. The van der Waals surface area contributed by atoms with E-state index >= 15 is 0 Å². The minimum atomic E-state index is -1.26. The molecule has 2 heterocycles. The fourth-order valence-electron chi connectivity index (χ4n) is 1.97. The van der Waals surface area contributed by atoms with Crippen LogP contribution in [-0.4, -0.2) is 40.8 Å². The number of rotatable bonds is 3. The van der Waals surface area contributed by atoms with Gasteiger partial charge in [0.1, 0.15) is 12.0 Å². The second kappa shape index (κ2) is 5.82. The van der Waals surface area contributed by atoms with Gasteiger partial charge in [-0.3, -0.25) is 0 Å². The first-order valence-corrected chi connectivity index (χ1v) is 7.99. The molecule has 1 aliphatic heterocycles. The van der Waals surface area contributed by atoms with Crippen molar-refractivity contribution in [3.05, 3.63) is 36.0 Å². The number of fused-ring (bicyclic) bond motifs is 1. The lowest BCUT2D eigenvalue weighted by Gasteiger charge is -2.23. The molecule has 0 amide bonds. The topological polar surface area (TPSA) is 82.9 Å². The normalized spacial score (nSPS) is 14.7. The summed E-state index contributed by atoms with van der Waals surface area (Å²) < 4.78 is 22.4. The Kier molecular flexibility index (Phi) is 3.86. The number of hydrogen-bond acceptors (Lipinski definition) is 7. The molecular weight excluding hydrogens is 304 g/mol. The minimum Gasteiger partial charge on any atom is -0.609 e. The zero-order valence-corrected chi connectivity index (χ0v) is 13.1. The minimum absolute atomic E-state index is 0.245. The van der Waals surface area contributed by atoms with Gasteiger partial charge in [-0.2, -0.15) is 9.97 Å². The van der Waals surface area contributed by atoms with Gasteiger partial charge in [0.2, 0.25) is 11.7 Å². The molecule has 1 unspecified atom stereocenters. The maximum atomic E-state index is 11.5. The van der Waals surface area contributed by atoms with Crippen molar-refractivity contribution in [2.75, 3.05) is 25.4 Å². The molecular formula is C14H14N4O3S. The maximum Gasteiger partial charge on any atom is 0.344 e. The van der Waals surface area contributed by atoms with Crippen molar-refractivity contribution < 1.29 is 14.0 Å². The Morgan fingerprint density at radius 1 is 1.36 bits per heavy atom. The fraction of sp³-hybridized carbons (Fsp3) is 0.214. The van der Waals surface area contributed by atoms with E-state index in [4.69, 9.17) is 9.47 Å². The van der Waals surface area contributed by atoms with Crippen molar-refractivity contribution in [1.29, 1.82) is 0 Å². The van der Waals surface area contributed by atoms with Crippen LogP contribution in [0.3, 0.4) is 0 Å². The summed E-state index contributed by atoms with van der Waals surface area (Å²) in [5.74, 6) is 2.07. The molecule has 1 aromatic carbocycles. The number of ether oxygens (including phenoxy) is 2. The Morgan fingerprint density at radius 3 is 2.91 bits per heavy atom. The zero-order chi connectivity index (χ0) is 15.7. The van der Waals surface area contributed by atoms with Crippen molar-refractivity contribution in [3.63, 3.8) is 0 Å². The lowest BCUT2D eigenvalue weighted by Crippen LogP contribution is -2.26. The van der Waals surface area contributed by atoms with Crippen LogP contribution in [0.5, 0.6) is 11.5 Å². The predicted molar refractivity (Wildman–Crippen MR) is 82.9 cm³/mol. The van der Waals surface area contributed by atoms with Gasteiger partial charge in [0.05, 0.1) is 13.3 Å². The van der Waals surface area contributed by atoms with Crippen molar-refractivity contribution in [2.45, 2.75) is 5.16 Å². The van der Waals surface area contributed by atoms with Crippen LogP contribution in [0.2, 0.25) is 0 Å². The Bertz CT molecular complexity index is 736. The third-order valence-corrected chi connectivity index (χ3v) is 3.75. The maximum absolute atomic E-state index is 11.5. The molecule has 1 atom stereocenters. The molecule has 0 aliphatic carbocycles. The lowest BCUT2D eigenvalue weighted by atomic mass is 10.2. The molecule has 8 heteroatoms. The third kappa shape index (κ3) is 2.70. The van der Waals surface area contributed by atoms with Crippen LogP contribution in [0, 0.1) is 0 Å². The number of methoxy groups -OCH3 is 1. The molecule has 3 rings (SSSR count). The largest absolute Gasteiger partial charge is 0.609 e. The zero-order valence-electron chi connectivity index (χ0n) is 12.3. The summed E-state index contributed by atoms with van der Waals surface area (Å²) in [5, 5.41) is 6.17. The quantitative estimate of drug-likeness (QED) is 0.628. The molecule has 114 valence electrons. The van der Waals surface area contributed by atoms with E-state index in [1.807, 2.05) is 24.3 Å². The van der Waals surface area contributed by atoms with Gasteiger partial charge in [-0.05, 0) is 18.2 Å². The Hall–Kier alpha value is -2.32. The molecule has 0 bridgehead atoms. The molecule has 2 aromatic rings. The molecule has 7 nitrogen and oxygen atoms in total. The lowest BCUT2D eigenvalue weighted by molar-refractivity contribution is 0.414.